The number of aromatic nitrogens is 4. The third-order valence-corrected chi connectivity index (χ3v) is 3.84. The van der Waals surface area contributed by atoms with Crippen LogP contribution in [-0.2, 0) is 13.6 Å². The van der Waals surface area contributed by atoms with Gasteiger partial charge in [0, 0.05) is 13.6 Å². The number of aryl methyl sites for hydroxylation is 2. The smallest absolute Gasteiger partial charge is 0.303 e. The largest absolute Gasteiger partial charge is 0.329 e. The molecule has 0 saturated heterocycles. The second-order valence-corrected chi connectivity index (χ2v) is 5.35. The van der Waals surface area contributed by atoms with E-state index in [2.05, 4.69) is 20.5 Å². The monoisotopic (exact) mass is 326 g/mol. The molecule has 3 aromatic rings. The summed E-state index contributed by atoms with van der Waals surface area (Å²) < 4.78 is 3.00. The molecule has 0 radical (unpaired) electrons. The van der Waals surface area contributed by atoms with Crippen LogP contribution in [0, 0.1) is 0 Å². The van der Waals surface area contributed by atoms with Crippen LogP contribution in [0.4, 0.5) is 5.95 Å². The second kappa shape index (κ2) is 6.15. The van der Waals surface area contributed by atoms with E-state index in [-0.39, 0.29) is 0 Å². The summed E-state index contributed by atoms with van der Waals surface area (Å²) in [5, 5.41) is 4.33. The van der Waals surface area contributed by atoms with Crippen LogP contribution in [0.15, 0.2) is 45.0 Å². The Morgan fingerprint density at radius 3 is 2.67 bits per heavy atom. The van der Waals surface area contributed by atoms with E-state index in [0.717, 1.165) is 11.3 Å². The highest BCUT2D eigenvalue weighted by molar-refractivity contribution is 5.99. The van der Waals surface area contributed by atoms with Gasteiger partial charge in [-0.15, -0.1) is 0 Å². The van der Waals surface area contributed by atoms with Crippen LogP contribution >= 0.6 is 0 Å². The SMILES string of the molecule is CCn1c(N/N=C(/C)c2ccccc2)nc2c1c(=O)[nH]c(=O)n2C. The number of anilines is 1. The standard InChI is InChI=1S/C16H18N6O2/c1-4-22-12-13(21(3)16(24)18-14(12)23)17-15(22)20-19-10(2)11-8-6-5-7-9-11/h5-9H,4H2,1-3H3,(H,17,20)(H,18,23,24)/b19-10-. The molecule has 24 heavy (non-hydrogen) atoms. The Morgan fingerprint density at radius 2 is 2.00 bits per heavy atom. The lowest BCUT2D eigenvalue weighted by molar-refractivity contribution is 0.781. The van der Waals surface area contributed by atoms with Crippen LogP contribution in [0.5, 0.6) is 0 Å². The molecule has 1 aromatic carbocycles. The molecule has 0 saturated carbocycles. The van der Waals surface area contributed by atoms with Crippen LogP contribution in [0.2, 0.25) is 0 Å². The first-order valence-corrected chi connectivity index (χ1v) is 7.58. The van der Waals surface area contributed by atoms with Crippen LogP contribution in [-0.4, -0.2) is 24.8 Å². The van der Waals surface area contributed by atoms with Gasteiger partial charge in [0.25, 0.3) is 5.56 Å². The minimum Gasteiger partial charge on any atom is -0.303 e. The number of hydrazone groups is 1. The molecular weight excluding hydrogens is 308 g/mol. The molecule has 0 fully saturated rings. The Hall–Kier alpha value is -3.16. The summed E-state index contributed by atoms with van der Waals surface area (Å²) in [6.07, 6.45) is 0. The number of fused-ring (bicyclic) bond motifs is 1. The van der Waals surface area contributed by atoms with Crippen LogP contribution in [0.1, 0.15) is 19.4 Å². The molecule has 0 aliphatic heterocycles. The van der Waals surface area contributed by atoms with Crippen LogP contribution in [0.25, 0.3) is 11.2 Å². The predicted molar refractivity (Wildman–Crippen MR) is 93.5 cm³/mol. The Labute approximate surface area is 137 Å². The summed E-state index contributed by atoms with van der Waals surface area (Å²) in [5.74, 6) is 0.412. The third kappa shape index (κ3) is 2.62. The van der Waals surface area contributed by atoms with Crippen molar-refractivity contribution < 1.29 is 0 Å². The molecule has 0 spiro atoms. The van der Waals surface area contributed by atoms with Crippen LogP contribution in [0.3, 0.4) is 0 Å². The van der Waals surface area contributed by atoms with Gasteiger partial charge in [-0.1, -0.05) is 30.3 Å². The zero-order chi connectivity index (χ0) is 17.3. The normalized spacial score (nSPS) is 11.9. The third-order valence-electron chi connectivity index (χ3n) is 3.84. The number of rotatable bonds is 4. The maximum Gasteiger partial charge on any atom is 0.329 e. The fraction of sp³-hybridized carbons (Fsp3) is 0.250. The van der Waals surface area contributed by atoms with E-state index >= 15 is 0 Å². The molecule has 8 heteroatoms. The molecule has 2 aromatic heterocycles. The molecule has 3 rings (SSSR count). The Bertz CT molecular complexity index is 1030. The van der Waals surface area contributed by atoms with Gasteiger partial charge in [-0.05, 0) is 19.4 Å². The number of benzene rings is 1. The van der Waals surface area contributed by atoms with Crippen LogP contribution < -0.4 is 16.7 Å². The Kier molecular flexibility index (Phi) is 4.03. The lowest BCUT2D eigenvalue weighted by atomic mass is 10.1. The average Bonchev–Trinajstić information content (AvgIpc) is 2.97. The van der Waals surface area contributed by atoms with Crippen molar-refractivity contribution in [1.29, 1.82) is 0 Å². The minimum absolute atomic E-state index is 0.320. The zero-order valence-corrected chi connectivity index (χ0v) is 13.7. The molecule has 0 aliphatic carbocycles. The number of nitrogens with one attached hydrogen (secondary N) is 2. The fourth-order valence-electron chi connectivity index (χ4n) is 2.51. The number of hydrogen-bond acceptors (Lipinski definition) is 5. The Morgan fingerprint density at radius 1 is 1.29 bits per heavy atom. The van der Waals surface area contributed by atoms with Gasteiger partial charge in [-0.25, -0.2) is 10.2 Å². The van der Waals surface area contributed by atoms with E-state index in [1.54, 1.807) is 11.6 Å². The lowest BCUT2D eigenvalue weighted by Crippen LogP contribution is -2.29. The van der Waals surface area contributed by atoms with Crippen molar-refractivity contribution in [2.24, 2.45) is 12.1 Å². The van der Waals surface area contributed by atoms with E-state index in [0.29, 0.717) is 23.7 Å². The van der Waals surface area contributed by atoms with Crippen molar-refractivity contribution in [2.75, 3.05) is 5.43 Å². The molecule has 2 N–H and O–H groups in total. The van der Waals surface area contributed by atoms with E-state index in [4.69, 9.17) is 0 Å². The first kappa shape index (κ1) is 15.7. The molecular formula is C16H18N6O2. The van der Waals surface area contributed by atoms with E-state index < -0.39 is 11.2 Å². The van der Waals surface area contributed by atoms with Crippen molar-refractivity contribution >= 4 is 22.8 Å². The minimum atomic E-state index is -0.497. The van der Waals surface area contributed by atoms with Crippen molar-refractivity contribution in [3.05, 3.63) is 56.7 Å². The molecule has 0 bridgehead atoms. The summed E-state index contributed by atoms with van der Waals surface area (Å²) in [6.45, 7) is 4.29. The molecule has 2 heterocycles. The molecule has 0 aliphatic rings. The molecule has 8 nitrogen and oxygen atoms in total. The number of imidazole rings is 1. The number of aromatic amines is 1. The fourth-order valence-corrected chi connectivity index (χ4v) is 2.51. The van der Waals surface area contributed by atoms with E-state index in [1.807, 2.05) is 44.2 Å². The average molecular weight is 326 g/mol. The highest BCUT2D eigenvalue weighted by atomic mass is 16.2. The summed E-state index contributed by atoms with van der Waals surface area (Å²) >= 11 is 0. The topological polar surface area (TPSA) is 97.1 Å². The van der Waals surface area contributed by atoms with Gasteiger partial charge < -0.3 is 4.57 Å². The van der Waals surface area contributed by atoms with Gasteiger partial charge in [0.05, 0.1) is 5.71 Å². The zero-order valence-electron chi connectivity index (χ0n) is 13.7. The van der Waals surface area contributed by atoms with Crippen molar-refractivity contribution in [3.63, 3.8) is 0 Å². The Balaban J connectivity index is 2.07. The summed E-state index contributed by atoms with van der Waals surface area (Å²) in [5.41, 5.74) is 4.37. The quantitative estimate of drug-likeness (QED) is 0.557. The van der Waals surface area contributed by atoms with Gasteiger partial charge in [0.2, 0.25) is 5.95 Å². The van der Waals surface area contributed by atoms with E-state index in [1.165, 1.54) is 4.57 Å². The van der Waals surface area contributed by atoms with Gasteiger partial charge in [0.15, 0.2) is 11.2 Å². The van der Waals surface area contributed by atoms with Crippen molar-refractivity contribution in [1.82, 2.24) is 19.1 Å². The predicted octanol–water partition coefficient (Wildman–Crippen LogP) is 1.28. The lowest BCUT2D eigenvalue weighted by Gasteiger charge is -2.05. The van der Waals surface area contributed by atoms with Crippen molar-refractivity contribution in [2.45, 2.75) is 20.4 Å². The molecule has 124 valence electrons. The van der Waals surface area contributed by atoms with Gasteiger partial charge >= 0.3 is 5.69 Å². The summed E-state index contributed by atoms with van der Waals surface area (Å²) in [6, 6.07) is 9.72. The van der Waals surface area contributed by atoms with E-state index in [9.17, 15) is 9.59 Å². The first-order valence-electron chi connectivity index (χ1n) is 7.58. The maximum absolute atomic E-state index is 12.1. The highest BCUT2D eigenvalue weighted by Gasteiger charge is 2.16. The highest BCUT2D eigenvalue weighted by Crippen LogP contribution is 2.15. The van der Waals surface area contributed by atoms with Gasteiger partial charge in [-0.2, -0.15) is 10.1 Å². The number of hydrogen-bond donors (Lipinski definition) is 2. The maximum atomic E-state index is 12.1. The number of H-pyrrole nitrogens is 1. The molecule has 0 amide bonds. The number of nitrogens with zero attached hydrogens (tertiary/aromatic N) is 4. The molecule has 0 unspecified atom stereocenters. The van der Waals surface area contributed by atoms with Gasteiger partial charge in [0.1, 0.15) is 0 Å². The summed E-state index contributed by atoms with van der Waals surface area (Å²) in [4.78, 5) is 30.5. The molecule has 0 atom stereocenters. The van der Waals surface area contributed by atoms with Crippen molar-refractivity contribution in [3.8, 4) is 0 Å². The first-order chi connectivity index (χ1) is 11.5. The second-order valence-electron chi connectivity index (χ2n) is 5.35. The van der Waals surface area contributed by atoms with Gasteiger partial charge in [-0.3, -0.25) is 14.3 Å². The summed E-state index contributed by atoms with van der Waals surface area (Å²) in [7, 11) is 1.57.